The van der Waals surface area contributed by atoms with E-state index >= 15 is 0 Å². The summed E-state index contributed by atoms with van der Waals surface area (Å²) >= 11 is 2.15. The molecule has 2 heterocycles. The Hall–Kier alpha value is 0.270. The minimum absolute atomic E-state index is 0.879. The van der Waals surface area contributed by atoms with Gasteiger partial charge in [0.15, 0.2) is 0 Å². The van der Waals surface area contributed by atoms with Crippen molar-refractivity contribution in [1.29, 1.82) is 0 Å². The smallest absolute Gasteiger partial charge is 0.0186 e. The zero-order valence-corrected chi connectivity index (χ0v) is 10.5. The second-order valence-corrected chi connectivity index (χ2v) is 6.08. The minimum atomic E-state index is 0.879. The average molecular weight is 228 g/mol. The largest absolute Gasteiger partial charge is 0.330 e. The molecule has 0 aromatic carbocycles. The topological polar surface area (TPSA) is 29.3 Å². The number of piperidine rings is 1. The number of rotatable bonds is 3. The summed E-state index contributed by atoms with van der Waals surface area (Å²) < 4.78 is 0. The van der Waals surface area contributed by atoms with Crippen LogP contribution in [-0.4, -0.2) is 42.1 Å². The van der Waals surface area contributed by atoms with E-state index in [-0.39, 0.29) is 0 Å². The fourth-order valence-corrected chi connectivity index (χ4v) is 4.04. The fourth-order valence-electron chi connectivity index (χ4n) is 2.85. The zero-order valence-electron chi connectivity index (χ0n) is 9.66. The molecule has 2 fully saturated rings. The van der Waals surface area contributed by atoms with E-state index in [1.54, 1.807) is 0 Å². The van der Waals surface area contributed by atoms with Crippen molar-refractivity contribution in [1.82, 2.24) is 4.90 Å². The Kier molecular flexibility index (Phi) is 4.79. The second-order valence-electron chi connectivity index (χ2n) is 4.93. The number of likely N-dealkylation sites (tertiary alicyclic amines) is 1. The van der Waals surface area contributed by atoms with Gasteiger partial charge in [0, 0.05) is 11.8 Å². The molecule has 0 aliphatic carbocycles. The molecule has 88 valence electrons. The molecular weight excluding hydrogens is 204 g/mol. The van der Waals surface area contributed by atoms with E-state index in [4.69, 9.17) is 5.73 Å². The van der Waals surface area contributed by atoms with Crippen molar-refractivity contribution in [3.63, 3.8) is 0 Å². The Labute approximate surface area is 98.0 Å². The van der Waals surface area contributed by atoms with Crippen LogP contribution < -0.4 is 5.73 Å². The molecule has 2 aliphatic rings. The number of nitrogens with zero attached hydrogens (tertiary/aromatic N) is 1. The molecule has 1 unspecified atom stereocenters. The van der Waals surface area contributed by atoms with Crippen molar-refractivity contribution in [3.8, 4) is 0 Å². The summed E-state index contributed by atoms with van der Waals surface area (Å²) in [4.78, 5) is 2.74. The van der Waals surface area contributed by atoms with E-state index in [9.17, 15) is 0 Å². The van der Waals surface area contributed by atoms with Gasteiger partial charge in [-0.25, -0.2) is 0 Å². The Morgan fingerprint density at radius 3 is 2.60 bits per heavy atom. The second kappa shape index (κ2) is 6.12. The van der Waals surface area contributed by atoms with Gasteiger partial charge in [-0.15, -0.1) is 0 Å². The summed E-state index contributed by atoms with van der Waals surface area (Å²) in [5.74, 6) is 3.68. The summed E-state index contributed by atoms with van der Waals surface area (Å²) in [5, 5.41) is 0. The molecule has 2 saturated heterocycles. The number of hydrogen-bond donors (Lipinski definition) is 1. The van der Waals surface area contributed by atoms with Gasteiger partial charge >= 0.3 is 0 Å². The van der Waals surface area contributed by atoms with Gasteiger partial charge < -0.3 is 5.73 Å². The number of nitrogens with two attached hydrogens (primary N) is 1. The molecule has 2 nitrogen and oxygen atoms in total. The molecule has 0 amide bonds. The van der Waals surface area contributed by atoms with Gasteiger partial charge in [0.2, 0.25) is 0 Å². The molecular formula is C12H24N2S. The first-order valence-corrected chi connectivity index (χ1v) is 7.57. The summed E-state index contributed by atoms with van der Waals surface area (Å²) in [5.41, 5.74) is 5.62. The highest BCUT2D eigenvalue weighted by molar-refractivity contribution is 7.99. The Morgan fingerprint density at radius 1 is 1.20 bits per heavy atom. The SMILES string of the molecule is NCCC1CCN(C2CCCSC2)CC1. The third-order valence-corrected chi connectivity index (χ3v) is 5.07. The Bertz CT molecular complexity index is 172. The molecule has 2 N–H and O–H groups in total. The maximum absolute atomic E-state index is 5.62. The third kappa shape index (κ3) is 3.36. The quantitative estimate of drug-likeness (QED) is 0.800. The Morgan fingerprint density at radius 2 is 2.00 bits per heavy atom. The van der Waals surface area contributed by atoms with Crippen molar-refractivity contribution < 1.29 is 0 Å². The van der Waals surface area contributed by atoms with E-state index in [0.717, 1.165) is 18.5 Å². The van der Waals surface area contributed by atoms with Crippen LogP contribution in [0.25, 0.3) is 0 Å². The lowest BCUT2D eigenvalue weighted by Crippen LogP contribution is -2.44. The van der Waals surface area contributed by atoms with E-state index in [2.05, 4.69) is 16.7 Å². The van der Waals surface area contributed by atoms with Crippen molar-refractivity contribution in [2.45, 2.75) is 38.1 Å². The lowest BCUT2D eigenvalue weighted by atomic mass is 9.92. The first-order chi connectivity index (χ1) is 7.40. The van der Waals surface area contributed by atoms with Crippen LogP contribution in [-0.2, 0) is 0 Å². The highest BCUT2D eigenvalue weighted by Crippen LogP contribution is 2.27. The van der Waals surface area contributed by atoms with Crippen LogP contribution >= 0.6 is 11.8 Å². The van der Waals surface area contributed by atoms with Crippen LogP contribution in [0.1, 0.15) is 32.1 Å². The molecule has 15 heavy (non-hydrogen) atoms. The highest BCUT2D eigenvalue weighted by atomic mass is 32.2. The monoisotopic (exact) mass is 228 g/mol. The first-order valence-electron chi connectivity index (χ1n) is 6.42. The van der Waals surface area contributed by atoms with Crippen LogP contribution in [0, 0.1) is 5.92 Å². The maximum atomic E-state index is 5.62. The van der Waals surface area contributed by atoms with Gasteiger partial charge in [0.25, 0.3) is 0 Å². The minimum Gasteiger partial charge on any atom is -0.330 e. The van der Waals surface area contributed by atoms with Crippen LogP contribution in [0.5, 0.6) is 0 Å². The van der Waals surface area contributed by atoms with E-state index in [1.165, 1.54) is 56.7 Å². The van der Waals surface area contributed by atoms with Crippen LogP contribution in [0.2, 0.25) is 0 Å². The van der Waals surface area contributed by atoms with Crippen molar-refractivity contribution in [2.75, 3.05) is 31.1 Å². The van der Waals surface area contributed by atoms with Crippen LogP contribution in [0.4, 0.5) is 0 Å². The molecule has 0 radical (unpaired) electrons. The lowest BCUT2D eigenvalue weighted by Gasteiger charge is -2.39. The summed E-state index contributed by atoms with van der Waals surface area (Å²) in [6.07, 6.45) is 6.89. The van der Waals surface area contributed by atoms with Gasteiger partial charge in [-0.1, -0.05) is 0 Å². The average Bonchev–Trinajstić information content (AvgIpc) is 2.32. The van der Waals surface area contributed by atoms with Crippen molar-refractivity contribution in [3.05, 3.63) is 0 Å². The number of thioether (sulfide) groups is 1. The van der Waals surface area contributed by atoms with Gasteiger partial charge in [-0.3, -0.25) is 4.90 Å². The van der Waals surface area contributed by atoms with E-state index in [0.29, 0.717) is 0 Å². The molecule has 0 saturated carbocycles. The fraction of sp³-hybridized carbons (Fsp3) is 1.00. The van der Waals surface area contributed by atoms with Crippen LogP contribution in [0.3, 0.4) is 0 Å². The maximum Gasteiger partial charge on any atom is 0.0186 e. The van der Waals surface area contributed by atoms with Crippen LogP contribution in [0.15, 0.2) is 0 Å². The Balaban J connectivity index is 1.72. The predicted octanol–water partition coefficient (Wildman–Crippen LogP) is 1.94. The predicted molar refractivity (Wildman–Crippen MR) is 68.3 cm³/mol. The summed E-state index contributed by atoms with van der Waals surface area (Å²) in [7, 11) is 0. The first kappa shape index (κ1) is 11.7. The van der Waals surface area contributed by atoms with E-state index < -0.39 is 0 Å². The van der Waals surface area contributed by atoms with Gasteiger partial charge in [-0.05, 0) is 63.4 Å². The summed E-state index contributed by atoms with van der Waals surface area (Å²) in [6.45, 7) is 3.54. The standard InChI is InChI=1S/C12H24N2S/c13-6-3-11-4-7-14(8-5-11)12-2-1-9-15-10-12/h11-12H,1-10,13H2. The zero-order chi connectivity index (χ0) is 10.5. The summed E-state index contributed by atoms with van der Waals surface area (Å²) in [6, 6.07) is 0.891. The molecule has 0 spiro atoms. The van der Waals surface area contributed by atoms with Crippen molar-refractivity contribution >= 4 is 11.8 Å². The molecule has 0 bridgehead atoms. The third-order valence-electron chi connectivity index (χ3n) is 3.88. The molecule has 2 aliphatic heterocycles. The van der Waals surface area contributed by atoms with Crippen molar-refractivity contribution in [2.24, 2.45) is 11.7 Å². The van der Waals surface area contributed by atoms with Gasteiger partial charge in [0.05, 0.1) is 0 Å². The van der Waals surface area contributed by atoms with E-state index in [1.807, 2.05) is 0 Å². The number of hydrogen-bond acceptors (Lipinski definition) is 3. The van der Waals surface area contributed by atoms with Gasteiger partial charge in [-0.2, -0.15) is 11.8 Å². The molecule has 0 aromatic heterocycles. The molecule has 3 heteroatoms. The normalized spacial score (nSPS) is 30.6. The van der Waals surface area contributed by atoms with Gasteiger partial charge in [0.1, 0.15) is 0 Å². The molecule has 0 aromatic rings. The molecule has 2 rings (SSSR count). The lowest BCUT2D eigenvalue weighted by molar-refractivity contribution is 0.133. The highest BCUT2D eigenvalue weighted by Gasteiger charge is 2.25. The molecule has 1 atom stereocenters.